The molecule has 2 heterocycles. The number of carbonyl (C=O) groups excluding carboxylic acids is 2. The minimum atomic E-state index is -0.874. The molecule has 1 amide bonds. The van der Waals surface area contributed by atoms with Crippen LogP contribution in [0, 0.1) is 17.8 Å². The highest BCUT2D eigenvalue weighted by Crippen LogP contribution is 2.40. The molecule has 0 fully saturated rings. The Morgan fingerprint density at radius 2 is 1.93 bits per heavy atom. The molecule has 0 spiro atoms. The van der Waals surface area contributed by atoms with Gasteiger partial charge in [0.25, 0.3) is 5.91 Å². The second-order valence-corrected chi connectivity index (χ2v) is 8.56. The Kier molecular flexibility index (Phi) is 4.96. The number of terminal acetylenes is 1. The van der Waals surface area contributed by atoms with Gasteiger partial charge in [-0.1, -0.05) is 45.4 Å². The SMILES string of the molecule is C#CCC(C)(C)C(=O)ON=C1C(=C2C(=O)Nc3cc(Br)ccc32)Nc2ccccc21. The monoisotopic (exact) mass is 463 g/mol. The number of carbonyl (C=O) groups is 2. The predicted molar refractivity (Wildman–Crippen MR) is 120 cm³/mol. The number of fused-ring (bicyclic) bond motifs is 2. The minimum absolute atomic E-state index is 0.226. The molecule has 4 rings (SSSR count). The van der Waals surface area contributed by atoms with Crippen molar-refractivity contribution in [2.45, 2.75) is 20.3 Å². The number of benzene rings is 2. The van der Waals surface area contributed by atoms with Gasteiger partial charge >= 0.3 is 5.97 Å². The summed E-state index contributed by atoms with van der Waals surface area (Å²) in [6.07, 6.45) is 5.58. The first-order valence-electron chi connectivity index (χ1n) is 9.27. The van der Waals surface area contributed by atoms with Crippen LogP contribution in [0.5, 0.6) is 0 Å². The Hall–Kier alpha value is -3.37. The van der Waals surface area contributed by atoms with Crippen LogP contribution in [-0.2, 0) is 14.4 Å². The maximum atomic E-state index is 12.8. The molecule has 0 aliphatic carbocycles. The first-order valence-corrected chi connectivity index (χ1v) is 10.1. The van der Waals surface area contributed by atoms with E-state index in [1.54, 1.807) is 13.8 Å². The lowest BCUT2D eigenvalue weighted by Gasteiger charge is -2.17. The van der Waals surface area contributed by atoms with Crippen molar-refractivity contribution < 1.29 is 14.4 Å². The molecular weight excluding hydrogens is 446 g/mol. The molecule has 2 aromatic carbocycles. The lowest BCUT2D eigenvalue weighted by Crippen LogP contribution is -2.25. The van der Waals surface area contributed by atoms with Gasteiger partial charge in [0, 0.05) is 27.7 Å². The average Bonchev–Trinajstić information content (AvgIpc) is 3.21. The van der Waals surface area contributed by atoms with Gasteiger partial charge in [-0.3, -0.25) is 4.79 Å². The molecule has 2 aromatic rings. The largest absolute Gasteiger partial charge is 0.352 e. The maximum Gasteiger partial charge on any atom is 0.341 e. The molecule has 0 radical (unpaired) electrons. The number of oxime groups is 1. The van der Waals surface area contributed by atoms with Gasteiger partial charge in [-0.15, -0.1) is 12.3 Å². The normalized spacial score (nSPS) is 18.3. The van der Waals surface area contributed by atoms with E-state index in [4.69, 9.17) is 11.3 Å². The lowest BCUT2D eigenvalue weighted by atomic mass is 9.90. The number of halogens is 1. The minimum Gasteiger partial charge on any atom is -0.352 e. The molecule has 150 valence electrons. The van der Waals surface area contributed by atoms with Crippen LogP contribution in [0.1, 0.15) is 31.4 Å². The van der Waals surface area contributed by atoms with Crippen LogP contribution in [-0.4, -0.2) is 17.6 Å². The summed E-state index contributed by atoms with van der Waals surface area (Å²) >= 11 is 3.42. The predicted octanol–water partition coefficient (Wildman–Crippen LogP) is 4.53. The van der Waals surface area contributed by atoms with Crippen molar-refractivity contribution in [3.8, 4) is 12.3 Å². The second-order valence-electron chi connectivity index (χ2n) is 7.65. The standard InChI is InChI=1S/C23H18BrN3O3/c1-4-11-23(2,3)22(29)30-27-19-15-7-5-6-8-16(15)25-20(19)18-14-10-9-13(24)12-17(14)26-21(18)28/h1,5-10,12,25H,11H2,2-3H3,(H,26,28). The summed E-state index contributed by atoms with van der Waals surface area (Å²) in [5.41, 5.74) is 3.38. The maximum absolute atomic E-state index is 12.8. The van der Waals surface area contributed by atoms with Crippen LogP contribution in [0.15, 0.2) is 57.8 Å². The summed E-state index contributed by atoms with van der Waals surface area (Å²) < 4.78 is 0.856. The van der Waals surface area contributed by atoms with Crippen LogP contribution in [0.3, 0.4) is 0 Å². The number of hydrogen-bond donors (Lipinski definition) is 2. The van der Waals surface area contributed by atoms with E-state index in [2.05, 4.69) is 37.6 Å². The van der Waals surface area contributed by atoms with Crippen LogP contribution in [0.4, 0.5) is 11.4 Å². The zero-order valence-electron chi connectivity index (χ0n) is 16.4. The summed E-state index contributed by atoms with van der Waals surface area (Å²) in [5.74, 6) is 1.68. The van der Waals surface area contributed by atoms with E-state index >= 15 is 0 Å². The molecule has 30 heavy (non-hydrogen) atoms. The number of rotatable bonds is 3. The van der Waals surface area contributed by atoms with E-state index in [0.29, 0.717) is 22.7 Å². The van der Waals surface area contributed by atoms with Crippen LogP contribution < -0.4 is 10.6 Å². The molecule has 2 N–H and O–H groups in total. The van der Waals surface area contributed by atoms with Gasteiger partial charge in [0.05, 0.1) is 22.4 Å². The summed E-state index contributed by atoms with van der Waals surface area (Å²) in [6.45, 7) is 3.41. The molecule has 0 atom stereocenters. The Balaban J connectivity index is 1.81. The third-order valence-corrected chi connectivity index (χ3v) is 5.46. The Labute approximate surface area is 182 Å². The van der Waals surface area contributed by atoms with Gasteiger partial charge < -0.3 is 15.5 Å². The number of para-hydroxylation sites is 1. The van der Waals surface area contributed by atoms with Crippen LogP contribution >= 0.6 is 15.9 Å². The van der Waals surface area contributed by atoms with E-state index in [1.807, 2.05) is 42.5 Å². The summed E-state index contributed by atoms with van der Waals surface area (Å²) in [6, 6.07) is 13.0. The third-order valence-electron chi connectivity index (χ3n) is 4.97. The third kappa shape index (κ3) is 3.40. The van der Waals surface area contributed by atoms with Crippen LogP contribution in [0.25, 0.3) is 5.57 Å². The molecule has 7 heteroatoms. The van der Waals surface area contributed by atoms with Crippen molar-refractivity contribution in [2.75, 3.05) is 10.6 Å². The van der Waals surface area contributed by atoms with Crippen molar-refractivity contribution in [1.82, 2.24) is 0 Å². The fourth-order valence-electron chi connectivity index (χ4n) is 3.33. The fraction of sp³-hybridized carbons (Fsp3) is 0.174. The van der Waals surface area contributed by atoms with E-state index in [1.165, 1.54) is 0 Å². The lowest BCUT2D eigenvalue weighted by molar-refractivity contribution is -0.153. The van der Waals surface area contributed by atoms with Crippen molar-refractivity contribution in [3.05, 3.63) is 63.8 Å². The molecule has 2 aliphatic rings. The van der Waals surface area contributed by atoms with Gasteiger partial charge in [-0.2, -0.15) is 0 Å². The molecule has 0 aromatic heterocycles. The fourth-order valence-corrected chi connectivity index (χ4v) is 3.70. The van der Waals surface area contributed by atoms with Crippen molar-refractivity contribution >= 4 is 50.5 Å². The molecule has 0 saturated heterocycles. The number of hydrogen-bond acceptors (Lipinski definition) is 5. The molecular formula is C23H18BrN3O3. The van der Waals surface area contributed by atoms with Gasteiger partial charge in [-0.05, 0) is 32.0 Å². The van der Waals surface area contributed by atoms with Gasteiger partial charge in [0.15, 0.2) is 0 Å². The molecule has 0 unspecified atom stereocenters. The van der Waals surface area contributed by atoms with Gasteiger partial charge in [0.1, 0.15) is 5.71 Å². The zero-order valence-corrected chi connectivity index (χ0v) is 18.0. The van der Waals surface area contributed by atoms with Crippen molar-refractivity contribution in [1.29, 1.82) is 0 Å². The van der Waals surface area contributed by atoms with Crippen molar-refractivity contribution in [2.24, 2.45) is 10.6 Å². The van der Waals surface area contributed by atoms with Gasteiger partial charge in [0.2, 0.25) is 0 Å². The summed E-state index contributed by atoms with van der Waals surface area (Å²) in [4.78, 5) is 30.6. The first-order chi connectivity index (χ1) is 14.3. The number of nitrogens with one attached hydrogen (secondary N) is 2. The van der Waals surface area contributed by atoms with E-state index in [-0.39, 0.29) is 12.3 Å². The molecule has 6 nitrogen and oxygen atoms in total. The van der Waals surface area contributed by atoms with Crippen molar-refractivity contribution in [3.63, 3.8) is 0 Å². The number of amides is 1. The number of anilines is 2. The molecule has 0 bridgehead atoms. The molecule has 2 aliphatic heterocycles. The van der Waals surface area contributed by atoms with E-state index in [9.17, 15) is 9.59 Å². The zero-order chi connectivity index (χ0) is 21.5. The average molecular weight is 464 g/mol. The van der Waals surface area contributed by atoms with E-state index in [0.717, 1.165) is 21.3 Å². The topological polar surface area (TPSA) is 79.8 Å². The Morgan fingerprint density at radius 3 is 2.70 bits per heavy atom. The highest BCUT2D eigenvalue weighted by molar-refractivity contribution is 9.10. The summed E-state index contributed by atoms with van der Waals surface area (Å²) in [7, 11) is 0. The van der Waals surface area contributed by atoms with Crippen LogP contribution in [0.2, 0.25) is 0 Å². The Bertz CT molecular complexity index is 1190. The smallest absolute Gasteiger partial charge is 0.341 e. The van der Waals surface area contributed by atoms with Gasteiger partial charge in [-0.25, -0.2) is 4.79 Å². The number of allylic oxidation sites excluding steroid dienone is 1. The summed E-state index contributed by atoms with van der Waals surface area (Å²) in [5, 5.41) is 10.3. The Morgan fingerprint density at radius 1 is 1.17 bits per heavy atom. The molecule has 0 saturated carbocycles. The second kappa shape index (κ2) is 7.47. The number of nitrogens with zero attached hydrogens (tertiary/aromatic N) is 1. The quantitative estimate of drug-likeness (QED) is 0.303. The first kappa shape index (κ1) is 19.9. The highest BCUT2D eigenvalue weighted by Gasteiger charge is 2.35. The van der Waals surface area contributed by atoms with E-state index < -0.39 is 11.4 Å². The highest BCUT2D eigenvalue weighted by atomic mass is 79.9.